The van der Waals surface area contributed by atoms with Crippen LogP contribution >= 0.6 is 0 Å². The van der Waals surface area contributed by atoms with Crippen molar-refractivity contribution in [2.75, 3.05) is 5.32 Å². The van der Waals surface area contributed by atoms with E-state index in [2.05, 4.69) is 40.6 Å². The van der Waals surface area contributed by atoms with Crippen molar-refractivity contribution >= 4 is 17.9 Å². The second-order valence-electron chi connectivity index (χ2n) is 8.99. The van der Waals surface area contributed by atoms with Gasteiger partial charge in [-0.2, -0.15) is 0 Å². The second-order valence-corrected chi connectivity index (χ2v) is 8.99. The van der Waals surface area contributed by atoms with Gasteiger partial charge in [0.1, 0.15) is 11.4 Å². The molecule has 2 aromatic carbocycles. The van der Waals surface area contributed by atoms with Gasteiger partial charge >= 0.3 is 12.1 Å². The smallest absolute Gasteiger partial charge is 0.413 e. The summed E-state index contributed by atoms with van der Waals surface area (Å²) in [5.41, 5.74) is 3.91. The van der Waals surface area contributed by atoms with Crippen molar-refractivity contribution in [3.63, 3.8) is 0 Å². The van der Waals surface area contributed by atoms with Crippen molar-refractivity contribution in [2.24, 2.45) is 0 Å². The quantitative estimate of drug-likeness (QED) is 0.388. The largest absolute Gasteiger partial charge is 0.478 e. The van der Waals surface area contributed by atoms with Crippen LogP contribution in [0.3, 0.4) is 0 Å². The molecule has 176 valence electrons. The van der Waals surface area contributed by atoms with Crippen molar-refractivity contribution < 1.29 is 19.4 Å². The fourth-order valence-corrected chi connectivity index (χ4v) is 3.42. The molecule has 34 heavy (non-hydrogen) atoms. The molecule has 2 N–H and O–H groups in total. The van der Waals surface area contributed by atoms with Crippen LogP contribution in [0.4, 0.5) is 10.6 Å². The molecule has 0 aliphatic rings. The lowest BCUT2D eigenvalue weighted by Crippen LogP contribution is -2.27. The van der Waals surface area contributed by atoms with E-state index in [0.29, 0.717) is 17.8 Å². The molecule has 1 aromatic heterocycles. The van der Waals surface area contributed by atoms with Gasteiger partial charge in [0.25, 0.3) is 0 Å². The van der Waals surface area contributed by atoms with Crippen LogP contribution in [0.5, 0.6) is 0 Å². The number of benzene rings is 2. The third kappa shape index (κ3) is 7.89. The van der Waals surface area contributed by atoms with Gasteiger partial charge in [0.2, 0.25) is 0 Å². The highest BCUT2D eigenvalue weighted by molar-refractivity contribution is 5.87. The number of amides is 1. The molecule has 1 heterocycles. The third-order valence-corrected chi connectivity index (χ3v) is 4.98. The van der Waals surface area contributed by atoms with Gasteiger partial charge in [0, 0.05) is 18.2 Å². The van der Waals surface area contributed by atoms with Crippen molar-refractivity contribution in [3.8, 4) is 11.1 Å². The van der Waals surface area contributed by atoms with Crippen LogP contribution in [0.2, 0.25) is 0 Å². The molecule has 6 heteroatoms. The third-order valence-electron chi connectivity index (χ3n) is 4.98. The molecule has 0 spiro atoms. The standard InChI is InChI=1S/C28H30N2O4/c1-28(2,3)34-27(33)30-25-16-15-21(19-29-25)18-24(26(31)32)14-8-10-20-9-7-13-23(17-20)22-11-5-4-6-12-22/h4-7,9,11-17,19H,8,10,18H2,1-3H3,(H,31,32)(H,29,30,33)/b24-14+. The van der Waals surface area contributed by atoms with E-state index in [0.717, 1.165) is 28.7 Å². The number of ether oxygens (including phenoxy) is 1. The lowest BCUT2D eigenvalue weighted by Gasteiger charge is -2.19. The summed E-state index contributed by atoms with van der Waals surface area (Å²) in [5.74, 6) is -0.605. The van der Waals surface area contributed by atoms with E-state index < -0.39 is 17.7 Å². The average Bonchev–Trinajstić information content (AvgIpc) is 2.79. The first-order chi connectivity index (χ1) is 16.2. The Bertz CT molecular complexity index is 1150. The van der Waals surface area contributed by atoms with Gasteiger partial charge in [0.15, 0.2) is 0 Å². The summed E-state index contributed by atoms with van der Waals surface area (Å²) in [6.45, 7) is 5.34. The van der Waals surface area contributed by atoms with E-state index in [4.69, 9.17) is 4.74 Å². The number of carbonyl (C=O) groups excluding carboxylic acids is 1. The monoisotopic (exact) mass is 458 g/mol. The molecule has 3 aromatic rings. The number of rotatable bonds is 8. The zero-order valence-electron chi connectivity index (χ0n) is 19.7. The molecule has 0 radical (unpaired) electrons. The number of hydrogen-bond acceptors (Lipinski definition) is 4. The molecule has 0 bridgehead atoms. The zero-order valence-corrected chi connectivity index (χ0v) is 19.7. The van der Waals surface area contributed by atoms with Gasteiger partial charge in [-0.3, -0.25) is 5.32 Å². The maximum Gasteiger partial charge on any atom is 0.413 e. The number of anilines is 1. The molecule has 0 saturated heterocycles. The van der Waals surface area contributed by atoms with E-state index in [1.807, 2.05) is 24.3 Å². The number of carboxylic acid groups (broad SMARTS) is 1. The Morgan fingerprint density at radius 3 is 2.35 bits per heavy atom. The van der Waals surface area contributed by atoms with Gasteiger partial charge in [-0.15, -0.1) is 0 Å². The molecular weight excluding hydrogens is 428 g/mol. The Morgan fingerprint density at radius 2 is 1.71 bits per heavy atom. The lowest BCUT2D eigenvalue weighted by molar-refractivity contribution is -0.132. The molecule has 3 rings (SSSR count). The second kappa shape index (κ2) is 11.3. The van der Waals surface area contributed by atoms with Crippen LogP contribution in [0.15, 0.2) is 84.6 Å². The summed E-state index contributed by atoms with van der Waals surface area (Å²) in [4.78, 5) is 27.8. The summed E-state index contributed by atoms with van der Waals surface area (Å²) in [5, 5.41) is 12.2. The topological polar surface area (TPSA) is 88.5 Å². The Kier molecular flexibility index (Phi) is 8.19. The summed E-state index contributed by atoms with van der Waals surface area (Å²) in [6.07, 6.45) is 4.35. The lowest BCUT2D eigenvalue weighted by atomic mass is 10.00. The van der Waals surface area contributed by atoms with Crippen molar-refractivity contribution in [1.29, 1.82) is 0 Å². The number of allylic oxidation sites excluding steroid dienone is 1. The average molecular weight is 459 g/mol. The molecule has 0 aliphatic heterocycles. The molecule has 0 aliphatic carbocycles. The Labute approximate surface area is 200 Å². The van der Waals surface area contributed by atoms with E-state index in [-0.39, 0.29) is 6.42 Å². The number of aliphatic carboxylic acids is 1. The minimum Gasteiger partial charge on any atom is -0.478 e. The summed E-state index contributed by atoms with van der Waals surface area (Å²) >= 11 is 0. The number of hydrogen-bond donors (Lipinski definition) is 2. The van der Waals surface area contributed by atoms with Gasteiger partial charge in [-0.05, 0) is 61.9 Å². The summed E-state index contributed by atoms with van der Waals surface area (Å²) in [7, 11) is 0. The van der Waals surface area contributed by atoms with Crippen LogP contribution in [-0.2, 0) is 22.4 Å². The van der Waals surface area contributed by atoms with Crippen LogP contribution in [0.1, 0.15) is 38.3 Å². The first-order valence-electron chi connectivity index (χ1n) is 11.2. The molecule has 0 atom stereocenters. The predicted molar refractivity (Wildman–Crippen MR) is 134 cm³/mol. The number of pyridine rings is 1. The molecule has 0 unspecified atom stereocenters. The van der Waals surface area contributed by atoms with Crippen molar-refractivity contribution in [1.82, 2.24) is 4.98 Å². The minimum atomic E-state index is -0.950. The number of aromatic nitrogens is 1. The highest BCUT2D eigenvalue weighted by Gasteiger charge is 2.16. The van der Waals surface area contributed by atoms with Crippen molar-refractivity contribution in [3.05, 3.63) is 95.7 Å². The first-order valence-corrected chi connectivity index (χ1v) is 11.2. The van der Waals surface area contributed by atoms with Crippen LogP contribution in [0.25, 0.3) is 11.1 Å². The Balaban J connectivity index is 1.60. The normalized spacial score (nSPS) is 11.7. The fraction of sp³-hybridized carbons (Fsp3) is 0.250. The maximum atomic E-state index is 11.9. The molecule has 6 nitrogen and oxygen atoms in total. The van der Waals surface area contributed by atoms with Gasteiger partial charge < -0.3 is 9.84 Å². The maximum absolute atomic E-state index is 11.9. The van der Waals surface area contributed by atoms with E-state index in [1.54, 1.807) is 45.2 Å². The zero-order chi connectivity index (χ0) is 24.6. The summed E-state index contributed by atoms with van der Waals surface area (Å²) in [6, 6.07) is 21.8. The molecule has 0 fully saturated rings. The number of nitrogens with one attached hydrogen (secondary N) is 1. The van der Waals surface area contributed by atoms with Crippen LogP contribution in [0, 0.1) is 0 Å². The highest BCUT2D eigenvalue weighted by Crippen LogP contribution is 2.21. The molecule has 1 amide bonds. The highest BCUT2D eigenvalue weighted by atomic mass is 16.6. The number of carbonyl (C=O) groups is 2. The SMILES string of the molecule is CC(C)(C)OC(=O)Nc1ccc(C/C(=C\CCc2cccc(-c3ccccc3)c2)C(=O)O)cn1. The predicted octanol–water partition coefficient (Wildman–Crippen LogP) is 6.28. The molecular formula is C28H30N2O4. The van der Waals surface area contributed by atoms with Gasteiger partial charge in [-0.25, -0.2) is 14.6 Å². The molecule has 0 saturated carbocycles. The minimum absolute atomic E-state index is 0.249. The number of aryl methyl sites for hydroxylation is 1. The van der Waals surface area contributed by atoms with Crippen molar-refractivity contribution in [2.45, 2.75) is 45.6 Å². The fourth-order valence-electron chi connectivity index (χ4n) is 3.42. The van der Waals surface area contributed by atoms with Crippen LogP contribution in [-0.4, -0.2) is 27.8 Å². The Hall–Kier alpha value is -3.93. The van der Waals surface area contributed by atoms with Gasteiger partial charge in [0.05, 0.1) is 0 Å². The Morgan fingerprint density at radius 1 is 0.971 bits per heavy atom. The van der Waals surface area contributed by atoms with E-state index in [9.17, 15) is 14.7 Å². The summed E-state index contributed by atoms with van der Waals surface area (Å²) < 4.78 is 5.20. The number of carboxylic acids is 1. The van der Waals surface area contributed by atoms with Crippen LogP contribution < -0.4 is 5.32 Å². The van der Waals surface area contributed by atoms with E-state index in [1.165, 1.54) is 0 Å². The first kappa shape index (κ1) is 24.7. The van der Waals surface area contributed by atoms with Gasteiger partial charge in [-0.1, -0.05) is 66.7 Å². The van der Waals surface area contributed by atoms with E-state index >= 15 is 0 Å². The number of nitrogens with zero attached hydrogens (tertiary/aromatic N) is 1.